The molecule has 2 rings (SSSR count). The van der Waals surface area contributed by atoms with Crippen LogP contribution in [-0.2, 0) is 4.74 Å². The number of benzene rings is 2. The Kier molecular flexibility index (Phi) is 5.21. The highest BCUT2D eigenvalue weighted by Crippen LogP contribution is 2.34. The molecule has 0 radical (unpaired) electrons. The summed E-state index contributed by atoms with van der Waals surface area (Å²) < 4.78 is 10.2. The van der Waals surface area contributed by atoms with Crippen molar-refractivity contribution in [3.63, 3.8) is 0 Å². The molecular weight excluding hydrogens is 272 g/mol. The van der Waals surface area contributed by atoms with E-state index in [9.17, 15) is 4.79 Å². The molecule has 104 valence electrons. The molecule has 4 heteroatoms. The quantitative estimate of drug-likeness (QED) is 0.760. The summed E-state index contributed by atoms with van der Waals surface area (Å²) in [7, 11) is 3.18. The van der Waals surface area contributed by atoms with E-state index in [-0.39, 0.29) is 12.4 Å². The zero-order valence-electron chi connectivity index (χ0n) is 11.5. The number of methoxy groups -OCH3 is 2. The molecule has 0 fully saturated rings. The Hall–Kier alpha value is -1.78. The summed E-state index contributed by atoms with van der Waals surface area (Å²) in [6.45, 7) is 0.110. The molecule has 0 aliphatic rings. The molecule has 0 atom stereocenters. The van der Waals surface area contributed by atoms with Gasteiger partial charge in [-0.2, -0.15) is 0 Å². The number of carbonyl (C=O) groups excluding carboxylic acids is 1. The van der Waals surface area contributed by atoms with Gasteiger partial charge in [-0.1, -0.05) is 36.0 Å². The first-order chi connectivity index (χ1) is 9.74. The molecule has 3 nitrogen and oxygen atoms in total. The zero-order chi connectivity index (χ0) is 14.4. The van der Waals surface area contributed by atoms with Gasteiger partial charge >= 0.3 is 0 Å². The van der Waals surface area contributed by atoms with E-state index in [2.05, 4.69) is 0 Å². The summed E-state index contributed by atoms with van der Waals surface area (Å²) in [6.07, 6.45) is 0. The number of Topliss-reactive ketones (excluding diaryl/α,β-unsaturated/α-hetero) is 1. The SMILES string of the molecule is COCC(=O)c1ccc(Sc2ccccc2OC)cc1. The van der Waals surface area contributed by atoms with E-state index in [1.807, 2.05) is 48.5 Å². The Balaban J connectivity index is 2.13. The fourth-order valence-electron chi connectivity index (χ4n) is 1.75. The Labute approximate surface area is 122 Å². The van der Waals surface area contributed by atoms with E-state index in [0.717, 1.165) is 15.5 Å². The maximum absolute atomic E-state index is 11.7. The third-order valence-electron chi connectivity index (χ3n) is 2.75. The first kappa shape index (κ1) is 14.6. The highest BCUT2D eigenvalue weighted by atomic mass is 32.2. The first-order valence-corrected chi connectivity index (χ1v) is 6.99. The molecular formula is C16H16O3S. The van der Waals surface area contributed by atoms with Crippen molar-refractivity contribution in [1.29, 1.82) is 0 Å². The zero-order valence-corrected chi connectivity index (χ0v) is 12.3. The van der Waals surface area contributed by atoms with Crippen LogP contribution in [0.3, 0.4) is 0 Å². The number of rotatable bonds is 6. The van der Waals surface area contributed by atoms with Gasteiger partial charge in [-0.3, -0.25) is 4.79 Å². The van der Waals surface area contributed by atoms with Gasteiger partial charge in [-0.15, -0.1) is 0 Å². The van der Waals surface area contributed by atoms with Crippen LogP contribution in [0.5, 0.6) is 5.75 Å². The van der Waals surface area contributed by atoms with Crippen molar-refractivity contribution in [3.8, 4) is 5.75 Å². The van der Waals surface area contributed by atoms with Crippen molar-refractivity contribution in [2.24, 2.45) is 0 Å². The molecule has 0 aromatic heterocycles. The van der Waals surface area contributed by atoms with Crippen molar-refractivity contribution in [2.75, 3.05) is 20.8 Å². The lowest BCUT2D eigenvalue weighted by atomic mass is 10.1. The van der Waals surface area contributed by atoms with E-state index < -0.39 is 0 Å². The van der Waals surface area contributed by atoms with Gasteiger partial charge in [-0.25, -0.2) is 0 Å². The molecule has 0 aliphatic carbocycles. The number of para-hydroxylation sites is 1. The lowest BCUT2D eigenvalue weighted by Gasteiger charge is -2.08. The summed E-state index contributed by atoms with van der Waals surface area (Å²) >= 11 is 1.61. The summed E-state index contributed by atoms with van der Waals surface area (Å²) in [4.78, 5) is 13.8. The van der Waals surface area contributed by atoms with Crippen LogP contribution in [0.1, 0.15) is 10.4 Å². The minimum absolute atomic E-state index is 0.0126. The van der Waals surface area contributed by atoms with Gasteiger partial charge in [0.25, 0.3) is 0 Å². The molecule has 20 heavy (non-hydrogen) atoms. The lowest BCUT2D eigenvalue weighted by Crippen LogP contribution is -2.06. The molecule has 2 aromatic carbocycles. The number of hydrogen-bond acceptors (Lipinski definition) is 4. The third-order valence-corrected chi connectivity index (χ3v) is 3.81. The van der Waals surface area contributed by atoms with E-state index >= 15 is 0 Å². The van der Waals surface area contributed by atoms with E-state index in [1.165, 1.54) is 7.11 Å². The lowest BCUT2D eigenvalue weighted by molar-refractivity contribution is 0.0848. The number of ketones is 1. The average Bonchev–Trinajstić information content (AvgIpc) is 2.49. The molecule has 0 heterocycles. The summed E-state index contributed by atoms with van der Waals surface area (Å²) in [5.74, 6) is 0.832. The first-order valence-electron chi connectivity index (χ1n) is 6.17. The van der Waals surface area contributed by atoms with E-state index in [0.29, 0.717) is 5.56 Å². The smallest absolute Gasteiger partial charge is 0.188 e. The van der Waals surface area contributed by atoms with Crippen molar-refractivity contribution in [2.45, 2.75) is 9.79 Å². The van der Waals surface area contributed by atoms with Crippen LogP contribution in [0.4, 0.5) is 0 Å². The summed E-state index contributed by atoms with van der Waals surface area (Å²) in [5, 5.41) is 0. The second-order valence-electron chi connectivity index (χ2n) is 4.13. The molecule has 0 unspecified atom stereocenters. The van der Waals surface area contributed by atoms with Crippen LogP contribution in [0.2, 0.25) is 0 Å². The fourth-order valence-corrected chi connectivity index (χ4v) is 2.68. The van der Waals surface area contributed by atoms with Crippen LogP contribution < -0.4 is 4.74 Å². The van der Waals surface area contributed by atoms with Crippen LogP contribution in [0.25, 0.3) is 0 Å². The largest absolute Gasteiger partial charge is 0.496 e. The molecule has 0 saturated carbocycles. The minimum Gasteiger partial charge on any atom is -0.496 e. The predicted molar refractivity (Wildman–Crippen MR) is 79.8 cm³/mol. The Bertz CT molecular complexity index is 579. The summed E-state index contributed by atoms with van der Waals surface area (Å²) in [5.41, 5.74) is 0.663. The second-order valence-corrected chi connectivity index (χ2v) is 5.25. The maximum atomic E-state index is 11.7. The van der Waals surface area contributed by atoms with Gasteiger partial charge < -0.3 is 9.47 Å². The minimum atomic E-state index is -0.0126. The van der Waals surface area contributed by atoms with Crippen LogP contribution >= 0.6 is 11.8 Å². The van der Waals surface area contributed by atoms with Gasteiger partial charge in [0.1, 0.15) is 12.4 Å². The molecule has 2 aromatic rings. The molecule has 0 aliphatic heterocycles. The van der Waals surface area contributed by atoms with Gasteiger partial charge in [0, 0.05) is 17.6 Å². The Morgan fingerprint density at radius 3 is 2.40 bits per heavy atom. The molecule has 0 spiro atoms. The second kappa shape index (κ2) is 7.12. The van der Waals surface area contributed by atoms with Crippen molar-refractivity contribution < 1.29 is 14.3 Å². The number of carbonyl (C=O) groups is 1. The van der Waals surface area contributed by atoms with Crippen molar-refractivity contribution in [3.05, 3.63) is 54.1 Å². The number of ether oxygens (including phenoxy) is 2. The topological polar surface area (TPSA) is 35.5 Å². The standard InChI is InChI=1S/C16H16O3S/c1-18-11-14(17)12-7-9-13(10-8-12)20-16-6-4-3-5-15(16)19-2/h3-10H,11H2,1-2H3. The fraction of sp³-hybridized carbons (Fsp3) is 0.188. The van der Waals surface area contributed by atoms with Gasteiger partial charge in [0.05, 0.1) is 12.0 Å². The van der Waals surface area contributed by atoms with Crippen molar-refractivity contribution in [1.82, 2.24) is 0 Å². The number of hydrogen-bond donors (Lipinski definition) is 0. The monoisotopic (exact) mass is 288 g/mol. The molecule has 0 bridgehead atoms. The van der Waals surface area contributed by atoms with Crippen LogP contribution in [0.15, 0.2) is 58.3 Å². The van der Waals surface area contributed by atoms with Gasteiger partial charge in [0.15, 0.2) is 5.78 Å². The molecule has 0 saturated heterocycles. The van der Waals surface area contributed by atoms with E-state index in [4.69, 9.17) is 9.47 Å². The molecule has 0 N–H and O–H groups in total. The Morgan fingerprint density at radius 2 is 1.75 bits per heavy atom. The summed E-state index contributed by atoms with van der Waals surface area (Å²) in [6, 6.07) is 15.3. The third kappa shape index (κ3) is 3.62. The average molecular weight is 288 g/mol. The predicted octanol–water partition coefficient (Wildman–Crippen LogP) is 3.68. The molecule has 0 amide bonds. The highest BCUT2D eigenvalue weighted by Gasteiger charge is 2.07. The Morgan fingerprint density at radius 1 is 1.05 bits per heavy atom. The normalized spacial score (nSPS) is 10.3. The maximum Gasteiger partial charge on any atom is 0.188 e. The van der Waals surface area contributed by atoms with Crippen LogP contribution in [-0.4, -0.2) is 26.6 Å². The highest BCUT2D eigenvalue weighted by molar-refractivity contribution is 7.99. The van der Waals surface area contributed by atoms with Gasteiger partial charge in [-0.05, 0) is 24.3 Å². The van der Waals surface area contributed by atoms with E-state index in [1.54, 1.807) is 18.9 Å². The van der Waals surface area contributed by atoms with Crippen LogP contribution in [0, 0.1) is 0 Å². The van der Waals surface area contributed by atoms with Gasteiger partial charge in [0.2, 0.25) is 0 Å². The van der Waals surface area contributed by atoms with Crippen molar-refractivity contribution >= 4 is 17.5 Å².